The van der Waals surface area contributed by atoms with Crippen LogP contribution in [-0.4, -0.2) is 25.5 Å². The molecule has 2 heterocycles. The summed E-state index contributed by atoms with van der Waals surface area (Å²) in [5, 5.41) is 3.26. The Morgan fingerprint density at radius 2 is 2.28 bits per heavy atom. The number of carbonyl (C=O) groups is 1. The minimum absolute atomic E-state index is 0. The molecule has 18 heavy (non-hydrogen) atoms. The second kappa shape index (κ2) is 5.59. The lowest BCUT2D eigenvalue weighted by Gasteiger charge is -2.21. The monoisotopic (exact) mass is 330 g/mol. The number of halogens is 2. The first kappa shape index (κ1) is 13.8. The van der Waals surface area contributed by atoms with E-state index < -0.39 is 0 Å². The molecule has 2 aliphatic heterocycles. The van der Waals surface area contributed by atoms with Crippen LogP contribution in [0, 0.1) is 5.92 Å². The summed E-state index contributed by atoms with van der Waals surface area (Å²) in [6, 6.07) is 6.21. The van der Waals surface area contributed by atoms with Gasteiger partial charge < -0.3 is 10.2 Å². The van der Waals surface area contributed by atoms with Gasteiger partial charge in [0.1, 0.15) is 0 Å². The fourth-order valence-electron chi connectivity index (χ4n) is 2.67. The average molecular weight is 332 g/mol. The SMILES string of the molecule is Cl.O=C(C1CCNC1)N1CCc2ccc(Br)cc21. The van der Waals surface area contributed by atoms with Crippen molar-refractivity contribution in [2.75, 3.05) is 24.5 Å². The Morgan fingerprint density at radius 3 is 3.00 bits per heavy atom. The standard InChI is InChI=1S/C13H15BrN2O.ClH/c14-11-2-1-9-4-6-16(12(9)7-11)13(17)10-3-5-15-8-10;/h1-2,7,10,15H,3-6,8H2;1H. The largest absolute Gasteiger partial charge is 0.316 e. The zero-order valence-corrected chi connectivity index (χ0v) is 12.4. The number of nitrogens with one attached hydrogen (secondary N) is 1. The average Bonchev–Trinajstić information content (AvgIpc) is 2.97. The van der Waals surface area contributed by atoms with E-state index >= 15 is 0 Å². The van der Waals surface area contributed by atoms with Crippen molar-refractivity contribution < 1.29 is 4.79 Å². The molecule has 98 valence electrons. The van der Waals surface area contributed by atoms with E-state index in [1.54, 1.807) is 0 Å². The Labute approximate surface area is 121 Å². The molecule has 3 nitrogen and oxygen atoms in total. The molecule has 1 atom stereocenters. The maximum Gasteiger partial charge on any atom is 0.231 e. The number of amides is 1. The highest BCUT2D eigenvalue weighted by Gasteiger charge is 2.31. The Bertz CT molecular complexity index is 460. The number of anilines is 1. The first-order chi connectivity index (χ1) is 8.25. The van der Waals surface area contributed by atoms with Crippen molar-refractivity contribution in [3.63, 3.8) is 0 Å². The minimum Gasteiger partial charge on any atom is -0.316 e. The van der Waals surface area contributed by atoms with E-state index in [-0.39, 0.29) is 24.2 Å². The fraction of sp³-hybridized carbons (Fsp3) is 0.462. The fourth-order valence-corrected chi connectivity index (χ4v) is 3.02. The van der Waals surface area contributed by atoms with Crippen LogP contribution in [0.1, 0.15) is 12.0 Å². The molecule has 0 bridgehead atoms. The van der Waals surface area contributed by atoms with E-state index in [2.05, 4.69) is 33.4 Å². The summed E-state index contributed by atoms with van der Waals surface area (Å²) >= 11 is 3.47. The molecule has 1 amide bonds. The topological polar surface area (TPSA) is 32.3 Å². The Balaban J connectivity index is 0.00000120. The molecule has 0 aliphatic carbocycles. The lowest BCUT2D eigenvalue weighted by Crippen LogP contribution is -2.35. The van der Waals surface area contributed by atoms with Gasteiger partial charge in [-0.1, -0.05) is 22.0 Å². The smallest absolute Gasteiger partial charge is 0.231 e. The van der Waals surface area contributed by atoms with Crippen molar-refractivity contribution in [3.8, 4) is 0 Å². The van der Waals surface area contributed by atoms with Crippen LogP contribution in [0.5, 0.6) is 0 Å². The third-order valence-electron chi connectivity index (χ3n) is 3.62. The van der Waals surface area contributed by atoms with E-state index in [4.69, 9.17) is 0 Å². The van der Waals surface area contributed by atoms with Crippen LogP contribution in [0.15, 0.2) is 22.7 Å². The van der Waals surface area contributed by atoms with E-state index in [1.807, 2.05) is 11.0 Å². The maximum atomic E-state index is 12.4. The van der Waals surface area contributed by atoms with Crippen LogP contribution in [0.25, 0.3) is 0 Å². The second-order valence-electron chi connectivity index (χ2n) is 4.70. The van der Waals surface area contributed by atoms with Gasteiger partial charge in [0, 0.05) is 23.2 Å². The molecule has 0 spiro atoms. The zero-order valence-electron chi connectivity index (χ0n) is 9.99. The van der Waals surface area contributed by atoms with Crippen LogP contribution >= 0.6 is 28.3 Å². The van der Waals surface area contributed by atoms with Crippen LogP contribution in [0.4, 0.5) is 5.69 Å². The van der Waals surface area contributed by atoms with E-state index in [0.717, 1.165) is 42.6 Å². The van der Waals surface area contributed by atoms with Gasteiger partial charge in [0.05, 0.1) is 5.92 Å². The Kier molecular flexibility index (Phi) is 4.30. The molecule has 0 radical (unpaired) electrons. The van der Waals surface area contributed by atoms with Crippen molar-refractivity contribution in [2.45, 2.75) is 12.8 Å². The first-order valence-electron chi connectivity index (χ1n) is 6.06. The minimum atomic E-state index is 0. The molecule has 1 unspecified atom stereocenters. The molecule has 1 N–H and O–H groups in total. The number of hydrogen-bond donors (Lipinski definition) is 1. The number of nitrogens with zero attached hydrogens (tertiary/aromatic N) is 1. The van der Waals surface area contributed by atoms with E-state index in [9.17, 15) is 4.79 Å². The molecular formula is C13H16BrClN2O. The van der Waals surface area contributed by atoms with Crippen LogP contribution in [-0.2, 0) is 11.2 Å². The number of fused-ring (bicyclic) bond motifs is 1. The highest BCUT2D eigenvalue weighted by molar-refractivity contribution is 9.10. The lowest BCUT2D eigenvalue weighted by atomic mass is 10.1. The summed E-state index contributed by atoms with van der Waals surface area (Å²) in [5.74, 6) is 0.451. The zero-order chi connectivity index (χ0) is 11.8. The quantitative estimate of drug-likeness (QED) is 0.857. The molecular weight excluding hydrogens is 316 g/mol. The van der Waals surface area contributed by atoms with Crippen LogP contribution in [0.2, 0.25) is 0 Å². The number of carbonyl (C=O) groups excluding carboxylic acids is 1. The highest BCUT2D eigenvalue weighted by atomic mass is 79.9. The van der Waals surface area contributed by atoms with E-state index in [1.165, 1.54) is 5.56 Å². The van der Waals surface area contributed by atoms with Gasteiger partial charge in [-0.2, -0.15) is 0 Å². The van der Waals surface area contributed by atoms with Crippen molar-refractivity contribution in [1.29, 1.82) is 0 Å². The second-order valence-corrected chi connectivity index (χ2v) is 5.62. The molecule has 5 heteroatoms. The van der Waals surface area contributed by atoms with Gasteiger partial charge in [-0.25, -0.2) is 0 Å². The first-order valence-corrected chi connectivity index (χ1v) is 6.85. The van der Waals surface area contributed by atoms with Gasteiger partial charge >= 0.3 is 0 Å². The predicted octanol–water partition coefficient (Wildman–Crippen LogP) is 2.37. The normalized spacial score (nSPS) is 21.6. The summed E-state index contributed by atoms with van der Waals surface area (Å²) in [7, 11) is 0. The van der Waals surface area contributed by atoms with Crippen LogP contribution in [0.3, 0.4) is 0 Å². The van der Waals surface area contributed by atoms with Gasteiger partial charge in [0.2, 0.25) is 5.91 Å². The highest BCUT2D eigenvalue weighted by Crippen LogP contribution is 2.32. The van der Waals surface area contributed by atoms with Crippen LogP contribution < -0.4 is 10.2 Å². The summed E-state index contributed by atoms with van der Waals surface area (Å²) in [4.78, 5) is 14.3. The Hall–Kier alpha value is -0.580. The molecule has 1 aromatic carbocycles. The Morgan fingerprint density at radius 1 is 1.44 bits per heavy atom. The molecule has 3 rings (SSSR count). The third-order valence-corrected chi connectivity index (χ3v) is 4.11. The molecule has 2 aliphatic rings. The number of hydrogen-bond acceptors (Lipinski definition) is 2. The molecule has 0 saturated carbocycles. The number of rotatable bonds is 1. The van der Waals surface area contributed by atoms with Gasteiger partial charge in [-0.15, -0.1) is 12.4 Å². The van der Waals surface area contributed by atoms with E-state index in [0.29, 0.717) is 0 Å². The third kappa shape index (κ3) is 2.42. The molecule has 1 aromatic rings. The molecule has 1 fully saturated rings. The number of benzene rings is 1. The van der Waals surface area contributed by atoms with Gasteiger partial charge in [0.25, 0.3) is 0 Å². The summed E-state index contributed by atoms with van der Waals surface area (Å²) in [5.41, 5.74) is 2.38. The molecule has 0 aromatic heterocycles. The lowest BCUT2D eigenvalue weighted by molar-refractivity contribution is -0.121. The van der Waals surface area contributed by atoms with Crippen molar-refractivity contribution >= 4 is 39.9 Å². The summed E-state index contributed by atoms with van der Waals surface area (Å²) in [6.45, 7) is 2.63. The van der Waals surface area contributed by atoms with Crippen molar-refractivity contribution in [1.82, 2.24) is 5.32 Å². The van der Waals surface area contributed by atoms with Crippen molar-refractivity contribution in [3.05, 3.63) is 28.2 Å². The van der Waals surface area contributed by atoms with Gasteiger partial charge in [-0.3, -0.25) is 4.79 Å². The predicted molar refractivity (Wildman–Crippen MR) is 78.4 cm³/mol. The van der Waals surface area contributed by atoms with Gasteiger partial charge in [-0.05, 0) is 37.1 Å². The summed E-state index contributed by atoms with van der Waals surface area (Å²) in [6.07, 6.45) is 1.95. The summed E-state index contributed by atoms with van der Waals surface area (Å²) < 4.78 is 1.04. The molecule has 1 saturated heterocycles. The maximum absolute atomic E-state index is 12.4. The van der Waals surface area contributed by atoms with Crippen molar-refractivity contribution in [2.24, 2.45) is 5.92 Å². The van der Waals surface area contributed by atoms with Gasteiger partial charge in [0.15, 0.2) is 0 Å².